The van der Waals surface area contributed by atoms with E-state index in [2.05, 4.69) is 15.4 Å². The van der Waals surface area contributed by atoms with Crippen molar-refractivity contribution in [3.8, 4) is 0 Å². The van der Waals surface area contributed by atoms with Crippen molar-refractivity contribution < 1.29 is 4.79 Å². The van der Waals surface area contributed by atoms with Crippen molar-refractivity contribution in [3.63, 3.8) is 0 Å². The highest BCUT2D eigenvalue weighted by molar-refractivity contribution is 5.81. The molecule has 6 heteroatoms. The summed E-state index contributed by atoms with van der Waals surface area (Å²) in [7, 11) is 1.84. The lowest BCUT2D eigenvalue weighted by Crippen LogP contribution is -2.43. The molecule has 0 aliphatic carbocycles. The van der Waals surface area contributed by atoms with Gasteiger partial charge in [0.1, 0.15) is 12.2 Å². The summed E-state index contributed by atoms with van der Waals surface area (Å²) in [5, 5.41) is 7.18. The number of amides is 1. The molecule has 2 rings (SSSR count). The topological polar surface area (TPSA) is 63.1 Å². The summed E-state index contributed by atoms with van der Waals surface area (Å²) < 4.78 is 1.71. The van der Waals surface area contributed by atoms with Crippen molar-refractivity contribution >= 4 is 5.91 Å². The quantitative estimate of drug-likeness (QED) is 0.795. The maximum Gasteiger partial charge on any atom is 0.239 e. The van der Waals surface area contributed by atoms with Crippen LogP contribution in [0.15, 0.2) is 6.33 Å². The molecule has 1 unspecified atom stereocenters. The third-order valence-electron chi connectivity index (χ3n) is 3.16. The molecule has 0 spiro atoms. The zero-order valence-corrected chi connectivity index (χ0v) is 10.4. The van der Waals surface area contributed by atoms with Crippen LogP contribution in [0.1, 0.15) is 25.6 Å². The van der Waals surface area contributed by atoms with Crippen LogP contribution >= 0.6 is 0 Å². The van der Waals surface area contributed by atoms with Crippen LogP contribution in [0.25, 0.3) is 0 Å². The second-order valence-electron chi connectivity index (χ2n) is 4.43. The van der Waals surface area contributed by atoms with Crippen molar-refractivity contribution in [1.29, 1.82) is 0 Å². The van der Waals surface area contributed by atoms with E-state index in [0.717, 1.165) is 31.8 Å². The van der Waals surface area contributed by atoms with E-state index in [1.54, 1.807) is 4.68 Å². The molecule has 1 saturated heterocycles. The fourth-order valence-corrected chi connectivity index (χ4v) is 2.02. The molecule has 0 saturated carbocycles. The van der Waals surface area contributed by atoms with Gasteiger partial charge in [0, 0.05) is 20.1 Å². The van der Waals surface area contributed by atoms with Gasteiger partial charge in [-0.15, -0.1) is 0 Å². The van der Waals surface area contributed by atoms with Gasteiger partial charge in [-0.05, 0) is 19.8 Å². The summed E-state index contributed by atoms with van der Waals surface area (Å²) in [4.78, 5) is 18.0. The zero-order chi connectivity index (χ0) is 12.3. The van der Waals surface area contributed by atoms with Crippen molar-refractivity contribution in [2.75, 3.05) is 13.1 Å². The highest BCUT2D eigenvalue weighted by atomic mass is 16.2. The molecule has 2 heterocycles. The van der Waals surface area contributed by atoms with E-state index in [9.17, 15) is 4.79 Å². The second kappa shape index (κ2) is 5.27. The molecule has 6 nitrogen and oxygen atoms in total. The minimum Gasteiger partial charge on any atom is -0.341 e. The first-order valence-electron chi connectivity index (χ1n) is 6.03. The molecule has 17 heavy (non-hydrogen) atoms. The Labute approximate surface area is 101 Å². The Bertz CT molecular complexity index is 383. The van der Waals surface area contributed by atoms with Gasteiger partial charge in [0.05, 0.1) is 12.6 Å². The molecule has 94 valence electrons. The Hall–Kier alpha value is -1.43. The molecule has 1 aromatic rings. The average molecular weight is 237 g/mol. The molecular formula is C11H19N5O. The molecule has 0 bridgehead atoms. The molecular weight excluding hydrogens is 218 g/mol. The normalized spacial score (nSPS) is 17.4. The summed E-state index contributed by atoms with van der Waals surface area (Å²) in [5.74, 6) is 1.02. The minimum absolute atomic E-state index is 0.162. The van der Waals surface area contributed by atoms with Gasteiger partial charge < -0.3 is 4.90 Å². The van der Waals surface area contributed by atoms with E-state index in [1.165, 1.54) is 6.33 Å². The SMILES string of the molecule is CC(NCc1ncnn1C)C(=O)N1CCCC1. The number of hydrogen-bond donors (Lipinski definition) is 1. The number of nitrogens with one attached hydrogen (secondary N) is 1. The first-order chi connectivity index (χ1) is 8.18. The van der Waals surface area contributed by atoms with Crippen LogP contribution in [0.5, 0.6) is 0 Å². The Morgan fingerprint density at radius 1 is 1.53 bits per heavy atom. The highest BCUT2D eigenvalue weighted by Gasteiger charge is 2.22. The Kier molecular flexibility index (Phi) is 3.73. The van der Waals surface area contributed by atoms with E-state index in [-0.39, 0.29) is 11.9 Å². The lowest BCUT2D eigenvalue weighted by Gasteiger charge is -2.20. The van der Waals surface area contributed by atoms with E-state index < -0.39 is 0 Å². The van der Waals surface area contributed by atoms with Crippen LogP contribution in [0.3, 0.4) is 0 Å². The predicted molar refractivity (Wildman–Crippen MR) is 63.1 cm³/mol. The van der Waals surface area contributed by atoms with Gasteiger partial charge in [0.25, 0.3) is 0 Å². The lowest BCUT2D eigenvalue weighted by molar-refractivity contribution is -0.132. The van der Waals surface area contributed by atoms with Crippen LogP contribution in [0.4, 0.5) is 0 Å². The first kappa shape index (κ1) is 12.0. The fraction of sp³-hybridized carbons (Fsp3) is 0.727. The maximum atomic E-state index is 12.0. The van der Waals surface area contributed by atoms with Gasteiger partial charge in [0.2, 0.25) is 5.91 Å². The smallest absolute Gasteiger partial charge is 0.239 e. The zero-order valence-electron chi connectivity index (χ0n) is 10.4. The molecule has 1 aliphatic heterocycles. The number of rotatable bonds is 4. The van der Waals surface area contributed by atoms with Gasteiger partial charge in [-0.3, -0.25) is 14.8 Å². The molecule has 1 N–H and O–H groups in total. The standard InChI is InChI=1S/C11H19N5O/c1-9(11(17)16-5-3-4-6-16)12-7-10-13-8-14-15(10)2/h8-9,12H,3-7H2,1-2H3. The van der Waals surface area contributed by atoms with E-state index in [0.29, 0.717) is 6.54 Å². The summed E-state index contributed by atoms with van der Waals surface area (Å²) >= 11 is 0. The fourth-order valence-electron chi connectivity index (χ4n) is 2.02. The molecule has 0 aromatic carbocycles. The first-order valence-corrected chi connectivity index (χ1v) is 6.03. The highest BCUT2D eigenvalue weighted by Crippen LogP contribution is 2.09. The van der Waals surface area contributed by atoms with Crippen LogP contribution in [0.2, 0.25) is 0 Å². The van der Waals surface area contributed by atoms with E-state index in [1.807, 2.05) is 18.9 Å². The molecule has 1 atom stereocenters. The van der Waals surface area contributed by atoms with Gasteiger partial charge in [0.15, 0.2) is 0 Å². The van der Waals surface area contributed by atoms with Gasteiger partial charge in [-0.2, -0.15) is 5.10 Å². The Morgan fingerprint density at radius 2 is 2.24 bits per heavy atom. The summed E-state index contributed by atoms with van der Waals surface area (Å²) in [6.45, 7) is 4.26. The number of nitrogens with zero attached hydrogens (tertiary/aromatic N) is 4. The van der Waals surface area contributed by atoms with Crippen LogP contribution < -0.4 is 5.32 Å². The molecule has 0 radical (unpaired) electrons. The van der Waals surface area contributed by atoms with Crippen molar-refractivity contribution in [1.82, 2.24) is 25.0 Å². The van der Waals surface area contributed by atoms with Crippen molar-refractivity contribution in [3.05, 3.63) is 12.2 Å². The largest absolute Gasteiger partial charge is 0.341 e. The molecule has 1 aliphatic rings. The number of carbonyl (C=O) groups is 1. The van der Waals surface area contributed by atoms with Crippen LogP contribution in [0, 0.1) is 0 Å². The number of hydrogen-bond acceptors (Lipinski definition) is 4. The van der Waals surface area contributed by atoms with Crippen LogP contribution in [-0.2, 0) is 18.4 Å². The van der Waals surface area contributed by atoms with Gasteiger partial charge >= 0.3 is 0 Å². The lowest BCUT2D eigenvalue weighted by atomic mass is 10.3. The second-order valence-corrected chi connectivity index (χ2v) is 4.43. The van der Waals surface area contributed by atoms with Gasteiger partial charge in [-0.25, -0.2) is 4.98 Å². The third kappa shape index (κ3) is 2.82. The number of carbonyl (C=O) groups excluding carboxylic acids is 1. The maximum absolute atomic E-state index is 12.0. The summed E-state index contributed by atoms with van der Waals surface area (Å²) in [6, 6.07) is -0.162. The van der Waals surface area contributed by atoms with Crippen LogP contribution in [-0.4, -0.2) is 44.7 Å². The molecule has 1 amide bonds. The average Bonchev–Trinajstić information content (AvgIpc) is 2.96. The molecule has 1 aromatic heterocycles. The van der Waals surface area contributed by atoms with Crippen molar-refractivity contribution in [2.45, 2.75) is 32.4 Å². The number of aromatic nitrogens is 3. The number of aryl methyl sites for hydroxylation is 1. The monoisotopic (exact) mass is 237 g/mol. The number of likely N-dealkylation sites (tertiary alicyclic amines) is 1. The summed E-state index contributed by atoms with van der Waals surface area (Å²) in [6.07, 6.45) is 3.77. The van der Waals surface area contributed by atoms with Crippen molar-refractivity contribution in [2.24, 2.45) is 7.05 Å². The summed E-state index contributed by atoms with van der Waals surface area (Å²) in [5.41, 5.74) is 0. The minimum atomic E-state index is -0.162. The van der Waals surface area contributed by atoms with E-state index in [4.69, 9.17) is 0 Å². The predicted octanol–water partition coefficient (Wildman–Crippen LogP) is -0.0844. The van der Waals surface area contributed by atoms with Gasteiger partial charge in [-0.1, -0.05) is 0 Å². The Balaban J connectivity index is 1.82. The van der Waals surface area contributed by atoms with E-state index >= 15 is 0 Å². The molecule has 1 fully saturated rings. The third-order valence-corrected chi connectivity index (χ3v) is 3.16. The Morgan fingerprint density at radius 3 is 2.82 bits per heavy atom.